The molecule has 4 rings (SSSR count). The molecule has 0 saturated carbocycles. The first-order valence-electron chi connectivity index (χ1n) is 8.70. The maximum atomic E-state index is 6.36. The van der Waals surface area contributed by atoms with E-state index in [2.05, 4.69) is 36.4 Å². The average molecular weight is 386 g/mol. The Labute approximate surface area is 162 Å². The van der Waals surface area contributed by atoms with Crippen molar-refractivity contribution in [2.45, 2.75) is 18.9 Å². The van der Waals surface area contributed by atoms with Crippen LogP contribution in [0.1, 0.15) is 28.5 Å². The van der Waals surface area contributed by atoms with E-state index in [1.807, 2.05) is 23.6 Å². The number of nitrogens with zero attached hydrogens (tertiary/aromatic N) is 1. The summed E-state index contributed by atoms with van der Waals surface area (Å²) in [6, 6.07) is 14.9. The van der Waals surface area contributed by atoms with Crippen LogP contribution >= 0.6 is 22.9 Å². The second kappa shape index (κ2) is 7.78. The zero-order valence-electron chi connectivity index (χ0n) is 14.6. The Hall–Kier alpha value is -1.88. The zero-order valence-corrected chi connectivity index (χ0v) is 16.1. The molecule has 0 amide bonds. The van der Waals surface area contributed by atoms with Gasteiger partial charge >= 0.3 is 0 Å². The normalized spacial score (nSPS) is 16.0. The molecule has 0 fully saturated rings. The van der Waals surface area contributed by atoms with E-state index in [1.54, 1.807) is 7.11 Å². The van der Waals surface area contributed by atoms with E-state index in [4.69, 9.17) is 26.1 Å². The largest absolute Gasteiger partial charge is 0.492 e. The van der Waals surface area contributed by atoms with Crippen molar-refractivity contribution in [3.63, 3.8) is 0 Å². The second-order valence-corrected chi connectivity index (χ2v) is 7.88. The van der Waals surface area contributed by atoms with Gasteiger partial charge in [-0.05, 0) is 40.8 Å². The zero-order chi connectivity index (χ0) is 17.9. The molecule has 0 N–H and O–H groups in total. The highest BCUT2D eigenvalue weighted by Crippen LogP contribution is 2.37. The third-order valence-electron chi connectivity index (χ3n) is 4.52. The third kappa shape index (κ3) is 3.63. The predicted molar refractivity (Wildman–Crippen MR) is 109 cm³/mol. The SMILES string of the molecule is COCCCOc1cc2c(cc1Cl)C=NC(c1cc3ccccc3s1)C2. The molecule has 1 aliphatic rings. The molecule has 1 unspecified atom stereocenters. The lowest BCUT2D eigenvalue weighted by Crippen LogP contribution is -2.09. The van der Waals surface area contributed by atoms with E-state index in [0.29, 0.717) is 18.2 Å². The molecular formula is C21H20ClNO2S. The standard InChI is InChI=1S/C21H20ClNO2S/c1-24-7-4-8-25-19-11-15-10-18(23-13-16(15)9-17(19)22)21-12-14-5-2-3-6-20(14)26-21/h2-3,5-6,9,11-13,18H,4,7-8,10H2,1H3. The van der Waals surface area contributed by atoms with Gasteiger partial charge in [0.2, 0.25) is 0 Å². The van der Waals surface area contributed by atoms with Gasteiger partial charge in [-0.2, -0.15) is 0 Å². The van der Waals surface area contributed by atoms with Gasteiger partial charge in [0.25, 0.3) is 0 Å². The van der Waals surface area contributed by atoms with Crippen LogP contribution in [0.2, 0.25) is 5.02 Å². The second-order valence-electron chi connectivity index (χ2n) is 6.36. The fraction of sp³-hybridized carbons (Fsp3) is 0.286. The number of methoxy groups -OCH3 is 1. The molecule has 26 heavy (non-hydrogen) atoms. The highest BCUT2D eigenvalue weighted by Gasteiger charge is 2.20. The Morgan fingerprint density at radius 2 is 2.08 bits per heavy atom. The maximum absolute atomic E-state index is 6.36. The number of hydrogen-bond donors (Lipinski definition) is 0. The van der Waals surface area contributed by atoms with Crippen LogP contribution in [-0.4, -0.2) is 26.5 Å². The quantitative estimate of drug-likeness (QED) is 0.510. The average Bonchev–Trinajstić information content (AvgIpc) is 3.09. The van der Waals surface area contributed by atoms with Crippen LogP contribution in [0.15, 0.2) is 47.5 Å². The molecule has 5 heteroatoms. The minimum Gasteiger partial charge on any atom is -0.492 e. The number of benzene rings is 2. The van der Waals surface area contributed by atoms with Gasteiger partial charge in [-0.1, -0.05) is 29.8 Å². The topological polar surface area (TPSA) is 30.8 Å². The van der Waals surface area contributed by atoms with Gasteiger partial charge in [0, 0.05) is 42.3 Å². The lowest BCUT2D eigenvalue weighted by atomic mass is 9.96. The molecule has 1 aliphatic heterocycles. The molecule has 3 aromatic rings. The first-order valence-corrected chi connectivity index (χ1v) is 9.90. The van der Waals surface area contributed by atoms with Gasteiger partial charge in [-0.25, -0.2) is 0 Å². The molecule has 3 nitrogen and oxygen atoms in total. The molecule has 1 aromatic heterocycles. The molecule has 134 valence electrons. The molecule has 0 bridgehead atoms. The number of rotatable bonds is 6. The lowest BCUT2D eigenvalue weighted by Gasteiger charge is -2.19. The minimum atomic E-state index is 0.155. The number of halogens is 1. The Morgan fingerprint density at radius 3 is 2.92 bits per heavy atom. The smallest absolute Gasteiger partial charge is 0.138 e. The van der Waals surface area contributed by atoms with Crippen LogP contribution in [0.25, 0.3) is 10.1 Å². The first-order chi connectivity index (χ1) is 12.7. The van der Waals surface area contributed by atoms with Gasteiger partial charge < -0.3 is 9.47 Å². The van der Waals surface area contributed by atoms with Crippen LogP contribution in [-0.2, 0) is 11.2 Å². The summed E-state index contributed by atoms with van der Waals surface area (Å²) in [5, 5.41) is 1.92. The number of fused-ring (bicyclic) bond motifs is 2. The summed E-state index contributed by atoms with van der Waals surface area (Å²) in [4.78, 5) is 6.06. The molecule has 1 atom stereocenters. The monoisotopic (exact) mass is 385 g/mol. The summed E-state index contributed by atoms with van der Waals surface area (Å²) in [5.41, 5.74) is 2.31. The summed E-state index contributed by atoms with van der Waals surface area (Å²) < 4.78 is 12.2. The Morgan fingerprint density at radius 1 is 1.19 bits per heavy atom. The molecule has 0 saturated heterocycles. The van der Waals surface area contributed by atoms with Crippen LogP contribution in [0.5, 0.6) is 5.75 Å². The Balaban J connectivity index is 1.55. The van der Waals surface area contributed by atoms with E-state index in [9.17, 15) is 0 Å². The third-order valence-corrected chi connectivity index (χ3v) is 6.04. The summed E-state index contributed by atoms with van der Waals surface area (Å²) in [7, 11) is 1.69. The summed E-state index contributed by atoms with van der Waals surface area (Å²) in [5.74, 6) is 0.743. The summed E-state index contributed by atoms with van der Waals surface area (Å²) >= 11 is 8.19. The number of ether oxygens (including phenoxy) is 2. The van der Waals surface area contributed by atoms with Gasteiger partial charge in [-0.15, -0.1) is 11.3 Å². The maximum Gasteiger partial charge on any atom is 0.138 e. The highest BCUT2D eigenvalue weighted by atomic mass is 35.5. The van der Waals surface area contributed by atoms with Crippen LogP contribution < -0.4 is 4.74 Å². The minimum absolute atomic E-state index is 0.155. The van der Waals surface area contributed by atoms with E-state index in [0.717, 1.165) is 24.2 Å². The van der Waals surface area contributed by atoms with Crippen LogP contribution in [0.3, 0.4) is 0 Å². The van der Waals surface area contributed by atoms with Crippen molar-refractivity contribution in [1.29, 1.82) is 0 Å². The first kappa shape index (κ1) is 17.5. The molecule has 2 heterocycles. The van der Waals surface area contributed by atoms with Crippen molar-refractivity contribution in [1.82, 2.24) is 0 Å². The van der Waals surface area contributed by atoms with Crippen molar-refractivity contribution >= 4 is 39.2 Å². The van der Waals surface area contributed by atoms with E-state index in [-0.39, 0.29) is 6.04 Å². The Kier molecular flexibility index (Phi) is 5.25. The fourth-order valence-corrected chi connectivity index (χ4v) is 4.51. The number of thiophene rings is 1. The van der Waals surface area contributed by atoms with Gasteiger partial charge in [0.1, 0.15) is 5.75 Å². The molecular weight excluding hydrogens is 366 g/mol. The highest BCUT2D eigenvalue weighted by molar-refractivity contribution is 7.19. The number of aliphatic imine (C=N–C) groups is 1. The predicted octanol–water partition coefficient (Wildman–Crippen LogP) is 5.69. The Bertz CT molecular complexity index is 917. The summed E-state index contributed by atoms with van der Waals surface area (Å²) in [6.45, 7) is 1.28. The van der Waals surface area contributed by atoms with Crippen molar-refractivity contribution in [3.8, 4) is 5.75 Å². The molecule has 0 radical (unpaired) electrons. The van der Waals surface area contributed by atoms with Gasteiger partial charge in [-0.3, -0.25) is 4.99 Å². The van der Waals surface area contributed by atoms with Crippen molar-refractivity contribution < 1.29 is 9.47 Å². The van der Waals surface area contributed by atoms with Crippen LogP contribution in [0, 0.1) is 0 Å². The number of hydrogen-bond acceptors (Lipinski definition) is 4. The fourth-order valence-electron chi connectivity index (χ4n) is 3.18. The van der Waals surface area contributed by atoms with Gasteiger partial charge in [0.05, 0.1) is 17.7 Å². The van der Waals surface area contributed by atoms with E-state index in [1.165, 1.54) is 20.5 Å². The van der Waals surface area contributed by atoms with Crippen LogP contribution in [0.4, 0.5) is 0 Å². The van der Waals surface area contributed by atoms with E-state index >= 15 is 0 Å². The van der Waals surface area contributed by atoms with Crippen molar-refractivity contribution in [2.24, 2.45) is 4.99 Å². The van der Waals surface area contributed by atoms with Crippen molar-refractivity contribution in [2.75, 3.05) is 20.3 Å². The molecule has 0 aliphatic carbocycles. The van der Waals surface area contributed by atoms with E-state index < -0.39 is 0 Å². The molecule has 0 spiro atoms. The van der Waals surface area contributed by atoms with Gasteiger partial charge in [0.15, 0.2) is 0 Å². The lowest BCUT2D eigenvalue weighted by molar-refractivity contribution is 0.172. The summed E-state index contributed by atoms with van der Waals surface area (Å²) in [6.07, 6.45) is 3.65. The van der Waals surface area contributed by atoms with Crippen molar-refractivity contribution in [3.05, 3.63) is 63.5 Å². The molecule has 2 aromatic carbocycles.